The van der Waals surface area contributed by atoms with Crippen LogP contribution in [0.15, 0.2) is 48.5 Å². The zero-order chi connectivity index (χ0) is 21.0. The van der Waals surface area contributed by atoms with E-state index in [4.69, 9.17) is 16.3 Å². The van der Waals surface area contributed by atoms with Crippen LogP contribution in [0.2, 0.25) is 5.02 Å². The Morgan fingerprint density at radius 1 is 1.03 bits per heavy atom. The standard InChI is InChI=1S/C21H21ClN4O3/c1-13-10-17(8-9-18(13)22)29-12-15-4-6-16(7-5-15)20(27)23-24-21(28)19-11-14(2)26(3)25-19/h4-11H,12H2,1-3H3,(H,23,27)(H,24,28). The molecule has 0 spiro atoms. The third-order valence-electron chi connectivity index (χ3n) is 4.39. The Balaban J connectivity index is 1.52. The lowest BCUT2D eigenvalue weighted by molar-refractivity contribution is 0.0843. The number of halogens is 1. The van der Waals surface area contributed by atoms with E-state index in [0.29, 0.717) is 17.2 Å². The van der Waals surface area contributed by atoms with Crippen molar-refractivity contribution in [3.05, 3.63) is 81.6 Å². The van der Waals surface area contributed by atoms with E-state index in [1.165, 1.54) is 0 Å². The molecule has 8 heteroatoms. The quantitative estimate of drug-likeness (QED) is 0.629. The van der Waals surface area contributed by atoms with Crippen LogP contribution >= 0.6 is 11.6 Å². The van der Waals surface area contributed by atoms with Crippen LogP contribution in [0, 0.1) is 13.8 Å². The maximum absolute atomic E-state index is 12.2. The molecule has 0 fully saturated rings. The van der Waals surface area contributed by atoms with Gasteiger partial charge < -0.3 is 4.74 Å². The van der Waals surface area contributed by atoms with E-state index in [1.54, 1.807) is 48.1 Å². The van der Waals surface area contributed by atoms with Crippen molar-refractivity contribution in [2.75, 3.05) is 0 Å². The minimum atomic E-state index is -0.481. The third kappa shape index (κ3) is 5.14. The molecule has 0 saturated carbocycles. The summed E-state index contributed by atoms with van der Waals surface area (Å²) in [5.41, 5.74) is 8.07. The van der Waals surface area contributed by atoms with E-state index in [0.717, 1.165) is 22.6 Å². The number of aryl methyl sites for hydroxylation is 3. The van der Waals surface area contributed by atoms with Crippen molar-refractivity contribution in [3.63, 3.8) is 0 Å². The summed E-state index contributed by atoms with van der Waals surface area (Å²) in [5.74, 6) is -0.182. The molecule has 3 aromatic rings. The average Bonchev–Trinajstić information content (AvgIpc) is 3.06. The molecule has 29 heavy (non-hydrogen) atoms. The van der Waals surface area contributed by atoms with Crippen LogP contribution in [0.4, 0.5) is 0 Å². The van der Waals surface area contributed by atoms with Gasteiger partial charge in [0, 0.05) is 23.3 Å². The molecule has 2 N–H and O–H groups in total. The smallest absolute Gasteiger partial charge is 0.290 e. The molecule has 2 aromatic carbocycles. The highest BCUT2D eigenvalue weighted by Crippen LogP contribution is 2.21. The van der Waals surface area contributed by atoms with Crippen molar-refractivity contribution >= 4 is 23.4 Å². The molecule has 0 aliphatic heterocycles. The average molecular weight is 413 g/mol. The second-order valence-corrected chi connectivity index (χ2v) is 7.01. The van der Waals surface area contributed by atoms with Crippen molar-refractivity contribution in [1.29, 1.82) is 0 Å². The molecule has 1 heterocycles. The van der Waals surface area contributed by atoms with Crippen LogP contribution in [-0.2, 0) is 13.7 Å². The number of ether oxygens (including phenoxy) is 1. The summed E-state index contributed by atoms with van der Waals surface area (Å²) in [7, 11) is 1.74. The summed E-state index contributed by atoms with van der Waals surface area (Å²) in [5, 5.41) is 4.75. The molecular weight excluding hydrogens is 392 g/mol. The van der Waals surface area contributed by atoms with Crippen LogP contribution < -0.4 is 15.6 Å². The molecule has 1 aromatic heterocycles. The van der Waals surface area contributed by atoms with Gasteiger partial charge in [0.1, 0.15) is 12.4 Å². The zero-order valence-corrected chi connectivity index (χ0v) is 17.1. The largest absolute Gasteiger partial charge is 0.489 e. The summed E-state index contributed by atoms with van der Waals surface area (Å²) in [6.07, 6.45) is 0. The minimum absolute atomic E-state index is 0.232. The number of hydrazine groups is 1. The normalized spacial score (nSPS) is 10.5. The first-order chi connectivity index (χ1) is 13.8. The van der Waals surface area contributed by atoms with E-state index >= 15 is 0 Å². The number of amides is 2. The second kappa shape index (κ2) is 8.79. The van der Waals surface area contributed by atoms with Gasteiger partial charge in [-0.1, -0.05) is 23.7 Å². The van der Waals surface area contributed by atoms with Gasteiger partial charge in [0.2, 0.25) is 0 Å². The van der Waals surface area contributed by atoms with Crippen molar-refractivity contribution in [3.8, 4) is 5.75 Å². The van der Waals surface area contributed by atoms with Gasteiger partial charge in [0.15, 0.2) is 5.69 Å². The Hall–Kier alpha value is -3.32. The molecule has 150 valence electrons. The van der Waals surface area contributed by atoms with Gasteiger partial charge in [-0.25, -0.2) is 0 Å². The first-order valence-corrected chi connectivity index (χ1v) is 9.30. The Labute approximate surface area is 173 Å². The molecule has 0 aliphatic carbocycles. The second-order valence-electron chi connectivity index (χ2n) is 6.60. The van der Waals surface area contributed by atoms with Crippen molar-refractivity contribution in [2.24, 2.45) is 7.05 Å². The SMILES string of the molecule is Cc1cc(OCc2ccc(C(=O)NNC(=O)c3cc(C)n(C)n3)cc2)ccc1Cl. The molecular formula is C21H21ClN4O3. The first-order valence-electron chi connectivity index (χ1n) is 8.92. The molecule has 7 nitrogen and oxygen atoms in total. The summed E-state index contributed by atoms with van der Waals surface area (Å²) < 4.78 is 7.33. The lowest BCUT2D eigenvalue weighted by Crippen LogP contribution is -2.41. The zero-order valence-electron chi connectivity index (χ0n) is 16.3. The van der Waals surface area contributed by atoms with E-state index in [2.05, 4.69) is 16.0 Å². The molecule has 0 radical (unpaired) electrons. The fourth-order valence-corrected chi connectivity index (χ4v) is 2.66. The Morgan fingerprint density at radius 2 is 1.72 bits per heavy atom. The molecule has 0 aliphatic rings. The number of carbonyl (C=O) groups is 2. The molecule has 3 rings (SSSR count). The minimum Gasteiger partial charge on any atom is -0.489 e. The van der Waals surface area contributed by atoms with Crippen molar-refractivity contribution in [1.82, 2.24) is 20.6 Å². The number of hydrogen-bond donors (Lipinski definition) is 2. The van der Waals surface area contributed by atoms with Crippen LogP contribution in [-0.4, -0.2) is 21.6 Å². The Bertz CT molecular complexity index is 1030. The number of nitrogens with zero attached hydrogens (tertiary/aromatic N) is 2. The number of nitrogens with one attached hydrogen (secondary N) is 2. The van der Waals surface area contributed by atoms with E-state index in [9.17, 15) is 9.59 Å². The number of aromatic nitrogens is 2. The molecule has 0 unspecified atom stereocenters. The molecule has 0 atom stereocenters. The summed E-state index contributed by atoms with van der Waals surface area (Å²) in [6, 6.07) is 14.0. The number of benzene rings is 2. The van der Waals surface area contributed by atoms with Crippen LogP contribution in [0.25, 0.3) is 0 Å². The highest BCUT2D eigenvalue weighted by molar-refractivity contribution is 6.31. The molecule has 0 bridgehead atoms. The van der Waals surface area contributed by atoms with E-state index in [1.807, 2.05) is 26.0 Å². The van der Waals surface area contributed by atoms with Gasteiger partial charge >= 0.3 is 0 Å². The maximum Gasteiger partial charge on any atom is 0.290 e. The number of carbonyl (C=O) groups excluding carboxylic acids is 2. The molecule has 0 saturated heterocycles. The van der Waals surface area contributed by atoms with Gasteiger partial charge in [0.05, 0.1) is 0 Å². The van der Waals surface area contributed by atoms with Gasteiger partial charge in [-0.2, -0.15) is 5.10 Å². The summed E-state index contributed by atoms with van der Waals surface area (Å²) >= 11 is 6.01. The maximum atomic E-state index is 12.2. The predicted octanol–water partition coefficient (Wildman–Crippen LogP) is 3.34. The lowest BCUT2D eigenvalue weighted by atomic mass is 10.1. The predicted molar refractivity (Wildman–Crippen MR) is 110 cm³/mol. The first kappa shape index (κ1) is 20.4. The monoisotopic (exact) mass is 412 g/mol. The lowest BCUT2D eigenvalue weighted by Gasteiger charge is -2.09. The summed E-state index contributed by atoms with van der Waals surface area (Å²) in [4.78, 5) is 24.3. The summed E-state index contributed by atoms with van der Waals surface area (Å²) in [6.45, 7) is 4.11. The van der Waals surface area contributed by atoms with Gasteiger partial charge in [-0.05, 0) is 61.4 Å². The van der Waals surface area contributed by atoms with Crippen molar-refractivity contribution in [2.45, 2.75) is 20.5 Å². The van der Waals surface area contributed by atoms with Gasteiger partial charge in [-0.15, -0.1) is 0 Å². The highest BCUT2D eigenvalue weighted by Gasteiger charge is 2.12. The fourth-order valence-electron chi connectivity index (χ4n) is 2.55. The van der Waals surface area contributed by atoms with Crippen molar-refractivity contribution < 1.29 is 14.3 Å². The topological polar surface area (TPSA) is 85.3 Å². The van der Waals surface area contributed by atoms with E-state index in [-0.39, 0.29) is 5.69 Å². The van der Waals surface area contributed by atoms with Crippen LogP contribution in [0.5, 0.6) is 5.75 Å². The molecule has 2 amide bonds. The Morgan fingerprint density at radius 3 is 2.34 bits per heavy atom. The third-order valence-corrected chi connectivity index (χ3v) is 4.81. The van der Waals surface area contributed by atoms with Gasteiger partial charge in [0.25, 0.3) is 11.8 Å². The fraction of sp³-hybridized carbons (Fsp3) is 0.190. The van der Waals surface area contributed by atoms with Crippen LogP contribution in [0.3, 0.4) is 0 Å². The highest BCUT2D eigenvalue weighted by atomic mass is 35.5. The van der Waals surface area contributed by atoms with E-state index < -0.39 is 11.8 Å². The number of rotatable bonds is 5. The Kier molecular flexibility index (Phi) is 6.19. The van der Waals surface area contributed by atoms with Crippen LogP contribution in [0.1, 0.15) is 37.7 Å². The van der Waals surface area contributed by atoms with Gasteiger partial charge in [-0.3, -0.25) is 25.1 Å². The number of hydrogen-bond acceptors (Lipinski definition) is 4.